The second-order valence-electron chi connectivity index (χ2n) is 6.66. The zero-order chi connectivity index (χ0) is 21.1. The van der Waals surface area contributed by atoms with Gasteiger partial charge in [-0.05, 0) is 54.7 Å². The van der Waals surface area contributed by atoms with Crippen molar-refractivity contribution in [1.82, 2.24) is 10.3 Å². The number of hydrogen-bond acceptors (Lipinski definition) is 5. The summed E-state index contributed by atoms with van der Waals surface area (Å²) in [7, 11) is 1.46. The zero-order valence-electron chi connectivity index (χ0n) is 16.0. The summed E-state index contributed by atoms with van der Waals surface area (Å²) < 4.78 is 10.6. The van der Waals surface area contributed by atoms with Crippen LogP contribution in [-0.4, -0.2) is 29.7 Å². The highest BCUT2D eigenvalue weighted by Crippen LogP contribution is 2.42. The normalized spacial score (nSPS) is 18.3. The van der Waals surface area contributed by atoms with E-state index in [0.717, 1.165) is 17.1 Å². The molecule has 2 N–H and O–H groups in total. The number of aromatic nitrogens is 1. The maximum Gasteiger partial charge on any atom is 0.250 e. The average Bonchev–Trinajstić information content (AvgIpc) is 3.38. The molecule has 2 aromatic heterocycles. The van der Waals surface area contributed by atoms with E-state index in [1.165, 1.54) is 7.11 Å². The van der Waals surface area contributed by atoms with Gasteiger partial charge in [0, 0.05) is 19.0 Å². The fraction of sp³-hybridized carbons (Fsp3) is 0.190. The molecule has 1 aliphatic rings. The third kappa shape index (κ3) is 4.02. The molecule has 1 aromatic carbocycles. The number of nitrogens with one attached hydrogen (secondary N) is 2. The largest absolute Gasteiger partial charge is 0.467 e. The molecule has 0 unspecified atom stereocenters. The topological polar surface area (TPSA) is 79.6 Å². The van der Waals surface area contributed by atoms with Crippen LogP contribution in [-0.2, 0) is 9.53 Å². The Hall–Kier alpha value is -2.94. The van der Waals surface area contributed by atoms with E-state index in [2.05, 4.69) is 15.6 Å². The van der Waals surface area contributed by atoms with Crippen LogP contribution < -0.4 is 15.5 Å². The van der Waals surface area contributed by atoms with Crippen LogP contribution in [0.15, 0.2) is 65.4 Å². The minimum atomic E-state index is -0.283. The molecule has 2 atom stereocenters. The lowest BCUT2D eigenvalue weighted by atomic mass is 10.0. The van der Waals surface area contributed by atoms with Gasteiger partial charge < -0.3 is 24.7 Å². The van der Waals surface area contributed by atoms with Gasteiger partial charge in [0.1, 0.15) is 18.4 Å². The quantitative estimate of drug-likeness (QED) is 0.556. The van der Waals surface area contributed by atoms with Gasteiger partial charge in [-0.1, -0.05) is 17.7 Å². The Morgan fingerprint density at radius 3 is 2.87 bits per heavy atom. The van der Waals surface area contributed by atoms with Crippen LogP contribution in [0.2, 0.25) is 5.02 Å². The zero-order valence-corrected chi connectivity index (χ0v) is 17.6. The van der Waals surface area contributed by atoms with Crippen molar-refractivity contribution in [2.75, 3.05) is 23.9 Å². The number of thiocarbonyl (C=S) groups is 1. The van der Waals surface area contributed by atoms with Gasteiger partial charge in [0.25, 0.3) is 0 Å². The molecule has 0 spiro atoms. The predicted molar refractivity (Wildman–Crippen MR) is 119 cm³/mol. The van der Waals surface area contributed by atoms with Gasteiger partial charge in [-0.3, -0.25) is 9.78 Å². The van der Waals surface area contributed by atoms with E-state index in [0.29, 0.717) is 15.8 Å². The lowest BCUT2D eigenvalue weighted by Crippen LogP contribution is -2.29. The number of nitrogens with zero attached hydrogens (tertiary/aromatic N) is 2. The van der Waals surface area contributed by atoms with Gasteiger partial charge in [-0.2, -0.15) is 0 Å². The maximum atomic E-state index is 11.8. The molecule has 3 aromatic rings. The third-order valence-electron chi connectivity index (χ3n) is 4.71. The molecule has 7 nitrogen and oxygen atoms in total. The van der Waals surface area contributed by atoms with Gasteiger partial charge in [0.2, 0.25) is 5.91 Å². The van der Waals surface area contributed by atoms with Crippen LogP contribution in [0.3, 0.4) is 0 Å². The van der Waals surface area contributed by atoms with Gasteiger partial charge in [0.05, 0.1) is 28.7 Å². The number of anilines is 2. The molecule has 4 rings (SSSR count). The van der Waals surface area contributed by atoms with Gasteiger partial charge in [-0.15, -0.1) is 0 Å². The van der Waals surface area contributed by atoms with E-state index < -0.39 is 0 Å². The number of ether oxygens (including phenoxy) is 1. The minimum Gasteiger partial charge on any atom is -0.467 e. The van der Waals surface area contributed by atoms with Crippen molar-refractivity contribution < 1.29 is 13.9 Å². The highest BCUT2D eigenvalue weighted by Gasteiger charge is 2.42. The summed E-state index contributed by atoms with van der Waals surface area (Å²) in [6.07, 6.45) is 3.38. The van der Waals surface area contributed by atoms with E-state index in [1.807, 2.05) is 41.3 Å². The minimum absolute atomic E-state index is 0.0511. The Kier molecular flexibility index (Phi) is 5.98. The number of hydrogen-bond donors (Lipinski definition) is 2. The monoisotopic (exact) mass is 442 g/mol. The third-order valence-corrected chi connectivity index (χ3v) is 5.34. The number of amides is 1. The molecule has 1 amide bonds. The van der Waals surface area contributed by atoms with Crippen molar-refractivity contribution >= 4 is 46.2 Å². The fourth-order valence-electron chi connectivity index (χ4n) is 3.45. The van der Waals surface area contributed by atoms with E-state index in [4.69, 9.17) is 33.0 Å². The van der Waals surface area contributed by atoms with E-state index in [9.17, 15) is 4.79 Å². The number of halogens is 1. The lowest BCUT2D eigenvalue weighted by molar-refractivity contribution is -0.119. The second-order valence-corrected chi connectivity index (χ2v) is 7.45. The summed E-state index contributed by atoms with van der Waals surface area (Å²) in [5, 5.41) is 6.98. The molecule has 154 valence electrons. The van der Waals surface area contributed by atoms with Crippen LogP contribution in [0, 0.1) is 0 Å². The first kappa shape index (κ1) is 20.3. The molecule has 30 heavy (non-hydrogen) atoms. The summed E-state index contributed by atoms with van der Waals surface area (Å²) in [5.41, 5.74) is 2.11. The molecular formula is C21H19ClN4O3S. The number of carbonyl (C=O) groups is 1. The number of carbonyl (C=O) groups excluding carboxylic acids is 1. The Morgan fingerprint density at radius 1 is 1.33 bits per heavy atom. The van der Waals surface area contributed by atoms with Crippen LogP contribution in [0.1, 0.15) is 23.5 Å². The van der Waals surface area contributed by atoms with Crippen LogP contribution in [0.25, 0.3) is 0 Å². The van der Waals surface area contributed by atoms with Crippen molar-refractivity contribution in [2.24, 2.45) is 0 Å². The van der Waals surface area contributed by atoms with E-state index in [-0.39, 0.29) is 24.6 Å². The standard InChI is InChI=1S/C21H19ClN4O3S/c1-28-12-18(27)24-15-8-7-13(11-14(15)22)26-20(17-6-4-10-29-17)19(25-21(26)30)16-5-2-3-9-23-16/h2-11,19-20H,12H2,1H3,(H,24,27)(H,25,30)/t19-,20+/m0/s1. The number of furan rings is 1. The number of methoxy groups -OCH3 is 1. The number of pyridine rings is 1. The molecule has 0 saturated carbocycles. The molecule has 0 aliphatic carbocycles. The molecule has 1 fully saturated rings. The van der Waals surface area contributed by atoms with Crippen LogP contribution in [0.5, 0.6) is 0 Å². The summed E-state index contributed by atoms with van der Waals surface area (Å²) >= 11 is 12.1. The Balaban J connectivity index is 1.69. The van der Waals surface area contributed by atoms with Gasteiger partial charge in [-0.25, -0.2) is 0 Å². The van der Waals surface area contributed by atoms with Crippen molar-refractivity contribution in [3.05, 3.63) is 77.5 Å². The van der Waals surface area contributed by atoms with Crippen molar-refractivity contribution in [3.8, 4) is 0 Å². The number of rotatable bonds is 6. The first-order valence-electron chi connectivity index (χ1n) is 9.21. The first-order valence-corrected chi connectivity index (χ1v) is 9.99. The van der Waals surface area contributed by atoms with Crippen molar-refractivity contribution in [3.63, 3.8) is 0 Å². The SMILES string of the molecule is COCC(=O)Nc1ccc(N2C(=S)N[C@@H](c3ccccn3)[C@H]2c2ccco2)cc1Cl. The smallest absolute Gasteiger partial charge is 0.250 e. The molecule has 9 heteroatoms. The average molecular weight is 443 g/mol. The lowest BCUT2D eigenvalue weighted by Gasteiger charge is -2.26. The molecular weight excluding hydrogens is 424 g/mol. The first-order chi connectivity index (χ1) is 14.6. The van der Waals surface area contributed by atoms with Gasteiger partial charge >= 0.3 is 0 Å². The Labute approximate surface area is 184 Å². The molecule has 1 aliphatic heterocycles. The summed E-state index contributed by atoms with van der Waals surface area (Å²) in [6, 6.07) is 14.4. The van der Waals surface area contributed by atoms with E-state index >= 15 is 0 Å². The summed E-state index contributed by atoms with van der Waals surface area (Å²) in [4.78, 5) is 18.2. The highest BCUT2D eigenvalue weighted by molar-refractivity contribution is 7.80. The molecule has 0 radical (unpaired) electrons. The highest BCUT2D eigenvalue weighted by atomic mass is 35.5. The maximum absolute atomic E-state index is 11.8. The Morgan fingerprint density at radius 2 is 2.20 bits per heavy atom. The molecule has 3 heterocycles. The van der Waals surface area contributed by atoms with Crippen LogP contribution >= 0.6 is 23.8 Å². The summed E-state index contributed by atoms with van der Waals surface area (Å²) in [6.45, 7) is -0.0511. The van der Waals surface area contributed by atoms with Gasteiger partial charge in [0.15, 0.2) is 5.11 Å². The second kappa shape index (κ2) is 8.83. The fourth-order valence-corrected chi connectivity index (χ4v) is 4.02. The van der Waals surface area contributed by atoms with Crippen LogP contribution in [0.4, 0.5) is 11.4 Å². The Bertz CT molecular complexity index is 1050. The molecule has 0 bridgehead atoms. The molecule has 1 saturated heterocycles. The number of benzene rings is 1. The summed E-state index contributed by atoms with van der Waals surface area (Å²) in [5.74, 6) is 0.459. The predicted octanol–water partition coefficient (Wildman–Crippen LogP) is 4.09. The van der Waals surface area contributed by atoms with Crippen molar-refractivity contribution in [1.29, 1.82) is 0 Å². The van der Waals surface area contributed by atoms with Crippen molar-refractivity contribution in [2.45, 2.75) is 12.1 Å². The van der Waals surface area contributed by atoms with E-state index in [1.54, 1.807) is 24.6 Å².